The van der Waals surface area contributed by atoms with Gasteiger partial charge in [-0.2, -0.15) is 0 Å². The first kappa shape index (κ1) is 10.9. The molecule has 0 fully saturated rings. The topological polar surface area (TPSA) is 37.3 Å². The molecule has 0 saturated heterocycles. The summed E-state index contributed by atoms with van der Waals surface area (Å²) in [5.41, 5.74) is 4.20. The molecule has 2 heteroatoms. The molecule has 0 atom stereocenters. The summed E-state index contributed by atoms with van der Waals surface area (Å²) in [4.78, 5) is 10.7. The normalized spacial score (nSPS) is 15.7. The SMILES string of the molecule is C/C(=C\c1ccc2c(c1)CCCC2)C(=O)O. The van der Waals surface area contributed by atoms with E-state index in [4.69, 9.17) is 5.11 Å². The highest BCUT2D eigenvalue weighted by atomic mass is 16.4. The van der Waals surface area contributed by atoms with Crippen molar-refractivity contribution in [2.24, 2.45) is 0 Å². The third kappa shape index (κ3) is 2.32. The summed E-state index contributed by atoms with van der Waals surface area (Å²) in [6.07, 6.45) is 6.55. The van der Waals surface area contributed by atoms with Gasteiger partial charge in [-0.1, -0.05) is 18.2 Å². The number of carbonyl (C=O) groups is 1. The Bertz CT molecular complexity index is 444. The maximum atomic E-state index is 10.7. The molecule has 0 amide bonds. The van der Waals surface area contributed by atoms with Crippen LogP contribution in [0.4, 0.5) is 0 Å². The molecule has 0 aliphatic heterocycles. The van der Waals surface area contributed by atoms with Crippen molar-refractivity contribution < 1.29 is 9.90 Å². The van der Waals surface area contributed by atoms with Crippen molar-refractivity contribution in [2.45, 2.75) is 32.6 Å². The van der Waals surface area contributed by atoms with Gasteiger partial charge in [0.15, 0.2) is 0 Å². The number of aryl methyl sites for hydroxylation is 2. The summed E-state index contributed by atoms with van der Waals surface area (Å²) in [6.45, 7) is 1.63. The van der Waals surface area contributed by atoms with E-state index in [1.54, 1.807) is 13.0 Å². The summed E-state index contributed by atoms with van der Waals surface area (Å²) in [6, 6.07) is 6.27. The fraction of sp³-hybridized carbons (Fsp3) is 0.357. The zero-order chi connectivity index (χ0) is 11.5. The summed E-state index contributed by atoms with van der Waals surface area (Å²) >= 11 is 0. The van der Waals surface area contributed by atoms with Gasteiger partial charge in [0.05, 0.1) is 0 Å². The summed E-state index contributed by atoms with van der Waals surface area (Å²) in [5, 5.41) is 8.81. The monoisotopic (exact) mass is 216 g/mol. The van der Waals surface area contributed by atoms with Crippen LogP contribution in [0, 0.1) is 0 Å². The molecule has 1 aromatic rings. The lowest BCUT2D eigenvalue weighted by Crippen LogP contribution is -2.02. The van der Waals surface area contributed by atoms with Crippen molar-refractivity contribution >= 4 is 12.0 Å². The smallest absolute Gasteiger partial charge is 0.331 e. The molecule has 1 aromatic carbocycles. The number of rotatable bonds is 2. The van der Waals surface area contributed by atoms with Crippen LogP contribution in [0.1, 0.15) is 36.5 Å². The fourth-order valence-corrected chi connectivity index (χ4v) is 2.15. The van der Waals surface area contributed by atoms with E-state index in [0.29, 0.717) is 5.57 Å². The Morgan fingerprint density at radius 1 is 1.25 bits per heavy atom. The lowest BCUT2D eigenvalue weighted by atomic mass is 9.90. The summed E-state index contributed by atoms with van der Waals surface area (Å²) in [5.74, 6) is -0.849. The minimum absolute atomic E-state index is 0.385. The van der Waals surface area contributed by atoms with Crippen LogP contribution < -0.4 is 0 Å². The molecule has 0 aromatic heterocycles. The number of aliphatic carboxylic acids is 1. The first-order valence-electron chi connectivity index (χ1n) is 5.70. The van der Waals surface area contributed by atoms with E-state index < -0.39 is 5.97 Å². The van der Waals surface area contributed by atoms with Crippen molar-refractivity contribution in [1.82, 2.24) is 0 Å². The van der Waals surface area contributed by atoms with Gasteiger partial charge in [0.25, 0.3) is 0 Å². The second kappa shape index (κ2) is 4.52. The molecular weight excluding hydrogens is 200 g/mol. The standard InChI is InChI=1S/C14H16O2/c1-10(14(15)16)8-11-6-7-12-4-2-3-5-13(12)9-11/h6-9H,2-5H2,1H3,(H,15,16)/b10-8+. The zero-order valence-electron chi connectivity index (χ0n) is 9.49. The zero-order valence-corrected chi connectivity index (χ0v) is 9.49. The van der Waals surface area contributed by atoms with Crippen molar-refractivity contribution in [3.63, 3.8) is 0 Å². The highest BCUT2D eigenvalue weighted by Gasteiger charge is 2.09. The Morgan fingerprint density at radius 3 is 2.62 bits per heavy atom. The number of hydrogen-bond acceptors (Lipinski definition) is 1. The molecule has 0 bridgehead atoms. The van der Waals surface area contributed by atoms with Gasteiger partial charge in [0, 0.05) is 5.57 Å². The van der Waals surface area contributed by atoms with E-state index in [1.807, 2.05) is 6.07 Å². The molecule has 0 radical (unpaired) electrons. The molecule has 16 heavy (non-hydrogen) atoms. The third-order valence-corrected chi connectivity index (χ3v) is 3.09. The maximum absolute atomic E-state index is 10.7. The molecular formula is C14H16O2. The first-order valence-corrected chi connectivity index (χ1v) is 5.70. The van der Waals surface area contributed by atoms with Crippen LogP contribution in [0.25, 0.3) is 6.08 Å². The Labute approximate surface area is 95.6 Å². The van der Waals surface area contributed by atoms with Gasteiger partial charge in [0.2, 0.25) is 0 Å². The molecule has 2 nitrogen and oxygen atoms in total. The molecule has 1 aliphatic carbocycles. The molecule has 0 heterocycles. The van der Waals surface area contributed by atoms with E-state index in [2.05, 4.69) is 12.1 Å². The second-order valence-corrected chi connectivity index (χ2v) is 4.37. The number of fused-ring (bicyclic) bond motifs is 1. The lowest BCUT2D eigenvalue weighted by molar-refractivity contribution is -0.132. The predicted octanol–water partition coefficient (Wildman–Crippen LogP) is 3.05. The molecule has 84 valence electrons. The number of carboxylic acids is 1. The van der Waals surface area contributed by atoms with E-state index in [-0.39, 0.29) is 0 Å². The number of benzene rings is 1. The average Bonchev–Trinajstić information content (AvgIpc) is 2.28. The highest BCUT2D eigenvalue weighted by Crippen LogP contribution is 2.23. The minimum atomic E-state index is -0.849. The second-order valence-electron chi connectivity index (χ2n) is 4.37. The van der Waals surface area contributed by atoms with Gasteiger partial charge < -0.3 is 5.11 Å². The highest BCUT2D eigenvalue weighted by molar-refractivity contribution is 5.91. The van der Waals surface area contributed by atoms with Crippen molar-refractivity contribution in [3.05, 3.63) is 40.5 Å². The Balaban J connectivity index is 2.30. The van der Waals surface area contributed by atoms with Crippen LogP contribution >= 0.6 is 0 Å². The predicted molar refractivity (Wildman–Crippen MR) is 64.4 cm³/mol. The van der Waals surface area contributed by atoms with Crippen molar-refractivity contribution in [2.75, 3.05) is 0 Å². The van der Waals surface area contributed by atoms with Crippen LogP contribution in [-0.2, 0) is 17.6 Å². The van der Waals surface area contributed by atoms with E-state index in [1.165, 1.54) is 24.0 Å². The van der Waals surface area contributed by atoms with Gasteiger partial charge in [-0.05, 0) is 55.4 Å². The fourth-order valence-electron chi connectivity index (χ4n) is 2.15. The number of hydrogen-bond donors (Lipinski definition) is 1. The van der Waals surface area contributed by atoms with Crippen LogP contribution in [0.5, 0.6) is 0 Å². The van der Waals surface area contributed by atoms with Crippen LogP contribution in [0.15, 0.2) is 23.8 Å². The molecule has 2 rings (SSSR count). The van der Waals surface area contributed by atoms with E-state index in [9.17, 15) is 4.79 Å². The Kier molecular flexibility index (Phi) is 3.09. The molecule has 1 N–H and O–H groups in total. The average molecular weight is 216 g/mol. The molecule has 0 spiro atoms. The van der Waals surface area contributed by atoms with E-state index >= 15 is 0 Å². The largest absolute Gasteiger partial charge is 0.478 e. The third-order valence-electron chi connectivity index (χ3n) is 3.09. The molecule has 0 unspecified atom stereocenters. The van der Waals surface area contributed by atoms with Crippen molar-refractivity contribution in [1.29, 1.82) is 0 Å². The van der Waals surface area contributed by atoms with Gasteiger partial charge in [0.1, 0.15) is 0 Å². The summed E-state index contributed by atoms with van der Waals surface area (Å²) in [7, 11) is 0. The minimum Gasteiger partial charge on any atom is -0.478 e. The number of carboxylic acid groups (broad SMARTS) is 1. The van der Waals surface area contributed by atoms with Crippen LogP contribution in [-0.4, -0.2) is 11.1 Å². The maximum Gasteiger partial charge on any atom is 0.331 e. The van der Waals surface area contributed by atoms with Gasteiger partial charge in [-0.25, -0.2) is 4.79 Å². The van der Waals surface area contributed by atoms with E-state index in [0.717, 1.165) is 18.4 Å². The molecule has 1 aliphatic rings. The van der Waals surface area contributed by atoms with Crippen LogP contribution in [0.3, 0.4) is 0 Å². The Morgan fingerprint density at radius 2 is 1.94 bits per heavy atom. The quantitative estimate of drug-likeness (QED) is 0.771. The Hall–Kier alpha value is -1.57. The lowest BCUT2D eigenvalue weighted by Gasteiger charge is -2.15. The van der Waals surface area contributed by atoms with Gasteiger partial charge in [-0.3, -0.25) is 0 Å². The van der Waals surface area contributed by atoms with Gasteiger partial charge >= 0.3 is 5.97 Å². The first-order chi connectivity index (χ1) is 7.66. The van der Waals surface area contributed by atoms with Crippen molar-refractivity contribution in [3.8, 4) is 0 Å². The van der Waals surface area contributed by atoms with Gasteiger partial charge in [-0.15, -0.1) is 0 Å². The molecule has 0 saturated carbocycles. The summed E-state index contributed by atoms with van der Waals surface area (Å²) < 4.78 is 0. The van der Waals surface area contributed by atoms with Crippen LogP contribution in [0.2, 0.25) is 0 Å².